The molecular weight excluding hydrogens is 257 g/mol. The third kappa shape index (κ3) is 3.79. The van der Waals surface area contributed by atoms with Crippen LogP contribution in [0.4, 0.5) is 13.2 Å². The van der Waals surface area contributed by atoms with Crippen LogP contribution in [0.1, 0.15) is 16.8 Å². The van der Waals surface area contributed by atoms with Gasteiger partial charge in [0, 0.05) is 6.07 Å². The molecule has 0 saturated heterocycles. The number of rotatable bonds is 3. The fraction of sp³-hybridized carbons (Fsp3) is 0.400. The molecule has 0 radical (unpaired) electrons. The Kier molecular flexibility index (Phi) is 4.18. The Labute approximate surface area is 101 Å². The molecule has 0 fully saturated rings. The molecule has 1 aromatic rings. The van der Waals surface area contributed by atoms with Crippen molar-refractivity contribution in [2.45, 2.75) is 25.6 Å². The maximum absolute atomic E-state index is 12.0. The summed E-state index contributed by atoms with van der Waals surface area (Å²) in [6.45, 7) is 1.58. The number of halogens is 4. The van der Waals surface area contributed by atoms with Crippen molar-refractivity contribution in [3.05, 3.63) is 22.9 Å². The van der Waals surface area contributed by atoms with E-state index in [0.29, 0.717) is 11.1 Å². The molecule has 1 rings (SSSR count). The smallest absolute Gasteiger partial charge is 0.388 e. The van der Waals surface area contributed by atoms with Gasteiger partial charge in [-0.05, 0) is 18.1 Å². The SMILES string of the molecule is Cc1cc(OC(F)(F)F)nc(CCl)c1CC#N. The van der Waals surface area contributed by atoms with Crippen LogP contribution in [0, 0.1) is 18.3 Å². The van der Waals surface area contributed by atoms with E-state index in [1.165, 1.54) is 0 Å². The summed E-state index contributed by atoms with van der Waals surface area (Å²) in [6.07, 6.45) is -4.74. The quantitative estimate of drug-likeness (QED) is 0.788. The average Bonchev–Trinajstić information content (AvgIpc) is 2.19. The first-order valence-corrected chi connectivity index (χ1v) is 5.09. The Morgan fingerprint density at radius 1 is 1.53 bits per heavy atom. The number of hydrogen-bond donors (Lipinski definition) is 0. The van der Waals surface area contributed by atoms with E-state index in [4.69, 9.17) is 16.9 Å². The first-order valence-electron chi connectivity index (χ1n) is 4.55. The van der Waals surface area contributed by atoms with E-state index in [-0.39, 0.29) is 18.0 Å². The highest BCUT2D eigenvalue weighted by Gasteiger charge is 2.32. The van der Waals surface area contributed by atoms with Crippen molar-refractivity contribution in [1.82, 2.24) is 4.98 Å². The standard InChI is InChI=1S/C10H8ClF3N2O/c1-6-4-9(17-10(12,13)14)16-8(5-11)7(6)2-3-15/h4H,2,5H2,1H3. The first kappa shape index (κ1) is 13.6. The van der Waals surface area contributed by atoms with Crippen molar-refractivity contribution >= 4 is 11.6 Å². The third-order valence-corrected chi connectivity index (χ3v) is 2.27. The summed E-state index contributed by atoms with van der Waals surface area (Å²) < 4.78 is 39.7. The molecule has 0 atom stereocenters. The summed E-state index contributed by atoms with van der Waals surface area (Å²) in [5.74, 6) is -0.639. The minimum Gasteiger partial charge on any atom is -0.388 e. The van der Waals surface area contributed by atoms with Crippen LogP contribution in [-0.4, -0.2) is 11.3 Å². The molecule has 0 bridgehead atoms. The lowest BCUT2D eigenvalue weighted by Crippen LogP contribution is -2.18. The Hall–Kier alpha value is -1.48. The highest BCUT2D eigenvalue weighted by molar-refractivity contribution is 6.17. The largest absolute Gasteiger partial charge is 0.574 e. The van der Waals surface area contributed by atoms with Crippen LogP contribution in [-0.2, 0) is 12.3 Å². The minimum absolute atomic E-state index is 0.0488. The van der Waals surface area contributed by atoms with Crippen molar-refractivity contribution in [2.75, 3.05) is 0 Å². The highest BCUT2D eigenvalue weighted by atomic mass is 35.5. The number of pyridine rings is 1. The molecule has 3 nitrogen and oxygen atoms in total. The molecule has 1 aromatic heterocycles. The molecule has 0 unspecified atom stereocenters. The van der Waals surface area contributed by atoms with E-state index in [0.717, 1.165) is 6.07 Å². The van der Waals surface area contributed by atoms with Gasteiger partial charge in [0.1, 0.15) is 0 Å². The minimum atomic E-state index is -4.79. The number of nitriles is 1. The molecule has 0 aromatic carbocycles. The average molecular weight is 265 g/mol. The normalized spacial score (nSPS) is 11.1. The summed E-state index contributed by atoms with van der Waals surface area (Å²) >= 11 is 5.57. The van der Waals surface area contributed by atoms with Gasteiger partial charge in [-0.25, -0.2) is 4.98 Å². The van der Waals surface area contributed by atoms with Crippen LogP contribution in [0.15, 0.2) is 6.07 Å². The van der Waals surface area contributed by atoms with E-state index in [9.17, 15) is 13.2 Å². The van der Waals surface area contributed by atoms with Crippen LogP contribution in [0.2, 0.25) is 0 Å². The van der Waals surface area contributed by atoms with Crippen LogP contribution >= 0.6 is 11.6 Å². The molecule has 92 valence electrons. The second-order valence-electron chi connectivity index (χ2n) is 3.22. The van der Waals surface area contributed by atoms with Crippen molar-refractivity contribution in [2.24, 2.45) is 0 Å². The molecule has 0 aliphatic heterocycles. The number of nitrogens with zero attached hydrogens (tertiary/aromatic N) is 2. The van der Waals surface area contributed by atoms with Gasteiger partial charge in [0.25, 0.3) is 0 Å². The van der Waals surface area contributed by atoms with Gasteiger partial charge in [-0.15, -0.1) is 24.8 Å². The van der Waals surface area contributed by atoms with Crippen LogP contribution in [0.3, 0.4) is 0 Å². The van der Waals surface area contributed by atoms with Crippen molar-refractivity contribution < 1.29 is 17.9 Å². The van der Waals surface area contributed by atoms with Gasteiger partial charge < -0.3 is 4.74 Å². The van der Waals surface area contributed by atoms with Gasteiger partial charge in [0.05, 0.1) is 24.1 Å². The zero-order valence-electron chi connectivity index (χ0n) is 8.81. The lowest BCUT2D eigenvalue weighted by molar-refractivity contribution is -0.276. The topological polar surface area (TPSA) is 45.9 Å². The Bertz CT molecular complexity index is 454. The van der Waals surface area contributed by atoms with E-state index in [2.05, 4.69) is 9.72 Å². The van der Waals surface area contributed by atoms with Crippen molar-refractivity contribution in [1.29, 1.82) is 5.26 Å². The van der Waals surface area contributed by atoms with Crippen LogP contribution in [0.25, 0.3) is 0 Å². The highest BCUT2D eigenvalue weighted by Crippen LogP contribution is 2.25. The molecule has 17 heavy (non-hydrogen) atoms. The number of aromatic nitrogens is 1. The summed E-state index contributed by atoms with van der Waals surface area (Å²) in [5, 5.41) is 8.59. The molecular formula is C10H8ClF3N2O. The molecule has 7 heteroatoms. The van der Waals surface area contributed by atoms with Crippen LogP contribution in [0.5, 0.6) is 5.88 Å². The zero-order valence-corrected chi connectivity index (χ0v) is 9.56. The summed E-state index contributed by atoms with van der Waals surface area (Å²) in [4.78, 5) is 3.63. The monoisotopic (exact) mass is 264 g/mol. The number of hydrogen-bond acceptors (Lipinski definition) is 3. The van der Waals surface area contributed by atoms with E-state index in [1.807, 2.05) is 6.07 Å². The predicted octanol–water partition coefficient (Wildman–Crippen LogP) is 3.09. The lowest BCUT2D eigenvalue weighted by atomic mass is 10.1. The molecule has 0 aliphatic carbocycles. The number of aryl methyl sites for hydroxylation is 1. The lowest BCUT2D eigenvalue weighted by Gasteiger charge is -2.12. The summed E-state index contributed by atoms with van der Waals surface area (Å²) in [5.41, 5.74) is 1.26. The fourth-order valence-electron chi connectivity index (χ4n) is 1.33. The predicted molar refractivity (Wildman–Crippen MR) is 54.5 cm³/mol. The molecule has 0 spiro atoms. The second-order valence-corrected chi connectivity index (χ2v) is 3.49. The van der Waals surface area contributed by atoms with E-state index < -0.39 is 12.2 Å². The maximum Gasteiger partial charge on any atom is 0.574 e. The molecule has 0 N–H and O–H groups in total. The van der Waals surface area contributed by atoms with Crippen LogP contribution < -0.4 is 4.74 Å². The Morgan fingerprint density at radius 3 is 2.65 bits per heavy atom. The van der Waals surface area contributed by atoms with E-state index in [1.54, 1.807) is 6.92 Å². The Balaban J connectivity index is 3.14. The second kappa shape index (κ2) is 5.23. The summed E-state index contributed by atoms with van der Waals surface area (Å²) in [6, 6.07) is 3.04. The van der Waals surface area contributed by atoms with Crippen molar-refractivity contribution in [3.8, 4) is 11.9 Å². The number of ether oxygens (including phenoxy) is 1. The fourth-order valence-corrected chi connectivity index (χ4v) is 1.56. The third-order valence-electron chi connectivity index (χ3n) is 2.01. The molecule has 0 aliphatic rings. The van der Waals surface area contributed by atoms with Gasteiger partial charge in [-0.2, -0.15) is 5.26 Å². The molecule has 0 amide bonds. The van der Waals surface area contributed by atoms with Gasteiger partial charge in [-0.3, -0.25) is 0 Å². The molecule has 1 heterocycles. The number of alkyl halides is 4. The maximum atomic E-state index is 12.0. The van der Waals surface area contributed by atoms with Gasteiger partial charge in [0.15, 0.2) is 0 Å². The van der Waals surface area contributed by atoms with Gasteiger partial charge in [-0.1, -0.05) is 0 Å². The van der Waals surface area contributed by atoms with Crippen molar-refractivity contribution in [3.63, 3.8) is 0 Å². The van der Waals surface area contributed by atoms with E-state index >= 15 is 0 Å². The van der Waals surface area contributed by atoms with Gasteiger partial charge in [0.2, 0.25) is 5.88 Å². The molecule has 0 saturated carbocycles. The zero-order chi connectivity index (χ0) is 13.1. The summed E-state index contributed by atoms with van der Waals surface area (Å²) in [7, 11) is 0. The van der Waals surface area contributed by atoms with Gasteiger partial charge >= 0.3 is 6.36 Å². The Morgan fingerprint density at radius 2 is 2.18 bits per heavy atom. The first-order chi connectivity index (χ1) is 7.87.